The summed E-state index contributed by atoms with van der Waals surface area (Å²) in [5, 5.41) is 17.5. The summed E-state index contributed by atoms with van der Waals surface area (Å²) < 4.78 is 9.72. The molecule has 1 aromatic rings. The Morgan fingerprint density at radius 1 is 1.26 bits per heavy atom. The zero-order chi connectivity index (χ0) is 17.2. The number of aromatic nitrogens is 1. The van der Waals surface area contributed by atoms with E-state index >= 15 is 0 Å². The minimum Gasteiger partial charge on any atom is -0.480 e. The van der Waals surface area contributed by atoms with Crippen molar-refractivity contribution in [2.24, 2.45) is 15.9 Å². The summed E-state index contributed by atoms with van der Waals surface area (Å²) in [4.78, 5) is 16.0. The second-order valence-electron chi connectivity index (χ2n) is 4.22. The molecule has 1 rings (SSSR count). The molecule has 1 aromatic heterocycles. The number of hydrogen-bond acceptors (Lipinski definition) is 7. The number of nitrogens with zero attached hydrogens (tertiary/aromatic N) is 3. The summed E-state index contributed by atoms with van der Waals surface area (Å²) >= 11 is 0. The summed E-state index contributed by atoms with van der Waals surface area (Å²) in [6.45, 7) is 5.23. The Balaban J connectivity index is 3.11. The summed E-state index contributed by atoms with van der Waals surface area (Å²) in [5.74, 6) is -1.81. The molecule has 0 aromatic carbocycles. The summed E-state index contributed by atoms with van der Waals surface area (Å²) in [7, 11) is 0. The molecular weight excluding hydrogens is 300 g/mol. The van der Waals surface area contributed by atoms with Gasteiger partial charge >= 0.3 is 5.97 Å². The number of nitrogens with two attached hydrogens (primary N) is 1. The smallest absolute Gasteiger partial charge is 0.349 e. The molecule has 0 aliphatic heterocycles. The Kier molecular flexibility index (Phi) is 7.25. The number of aliphatic hydroxyl groups is 1. The zero-order valence-corrected chi connectivity index (χ0v) is 13.3. The van der Waals surface area contributed by atoms with Crippen molar-refractivity contribution in [3.05, 3.63) is 41.6 Å². The van der Waals surface area contributed by atoms with Crippen LogP contribution in [0.5, 0.6) is 0 Å². The van der Waals surface area contributed by atoms with E-state index in [-0.39, 0.29) is 24.6 Å². The van der Waals surface area contributed by atoms with Crippen LogP contribution in [-0.2, 0) is 14.3 Å². The van der Waals surface area contributed by atoms with E-state index in [2.05, 4.69) is 15.2 Å². The Bertz CT molecular complexity index is 624. The van der Waals surface area contributed by atoms with Crippen LogP contribution < -0.4 is 5.73 Å². The first kappa shape index (κ1) is 18.1. The predicted octanol–water partition coefficient (Wildman–Crippen LogP) is 1.53. The minimum atomic E-state index is -0.842. The zero-order valence-electron chi connectivity index (χ0n) is 13.3. The quantitative estimate of drug-likeness (QED) is 0.196. The van der Waals surface area contributed by atoms with Crippen molar-refractivity contribution in [3.63, 3.8) is 0 Å². The molecular formula is C15H20N4O4. The van der Waals surface area contributed by atoms with Crippen LogP contribution >= 0.6 is 0 Å². The molecule has 3 N–H and O–H groups in total. The molecule has 1 heterocycles. The topological polar surface area (TPSA) is 119 Å². The molecule has 0 fully saturated rings. The van der Waals surface area contributed by atoms with Crippen LogP contribution in [0.2, 0.25) is 0 Å². The molecule has 0 aliphatic carbocycles. The summed E-state index contributed by atoms with van der Waals surface area (Å²) in [6, 6.07) is 5.33. The van der Waals surface area contributed by atoms with Gasteiger partial charge in [-0.15, -0.1) is 5.10 Å². The number of ether oxygens (including phenoxy) is 2. The van der Waals surface area contributed by atoms with Gasteiger partial charge in [-0.05, 0) is 32.9 Å². The van der Waals surface area contributed by atoms with Crippen molar-refractivity contribution >= 4 is 17.5 Å². The number of pyridine rings is 1. The fourth-order valence-electron chi connectivity index (χ4n) is 1.52. The van der Waals surface area contributed by atoms with Crippen molar-refractivity contribution in [1.82, 2.24) is 4.98 Å². The molecule has 8 heteroatoms. The van der Waals surface area contributed by atoms with Gasteiger partial charge < -0.3 is 20.3 Å². The molecule has 0 spiro atoms. The highest BCUT2D eigenvalue weighted by molar-refractivity contribution is 6.18. The van der Waals surface area contributed by atoms with Crippen LogP contribution in [0.3, 0.4) is 0 Å². The van der Waals surface area contributed by atoms with E-state index in [1.165, 1.54) is 0 Å². The third kappa shape index (κ3) is 5.42. The number of carbonyl (C=O) groups is 1. The fraction of sp³-hybridized carbons (Fsp3) is 0.333. The van der Waals surface area contributed by atoms with Gasteiger partial charge in [-0.2, -0.15) is 5.10 Å². The Morgan fingerprint density at radius 2 is 1.96 bits per heavy atom. The van der Waals surface area contributed by atoms with Crippen LogP contribution in [0.25, 0.3) is 0 Å². The van der Waals surface area contributed by atoms with Crippen molar-refractivity contribution in [2.75, 3.05) is 13.2 Å². The van der Waals surface area contributed by atoms with Crippen LogP contribution in [0.15, 0.2) is 46.1 Å². The van der Waals surface area contributed by atoms with E-state index < -0.39 is 11.9 Å². The van der Waals surface area contributed by atoms with E-state index in [1.54, 1.807) is 45.2 Å². The number of esters is 1. The van der Waals surface area contributed by atoms with E-state index in [1.807, 2.05) is 0 Å². The molecule has 23 heavy (non-hydrogen) atoms. The second-order valence-corrected chi connectivity index (χ2v) is 4.22. The number of hydrogen-bond donors (Lipinski definition) is 2. The largest absolute Gasteiger partial charge is 0.480 e. The molecule has 0 unspecified atom stereocenters. The average molecular weight is 320 g/mol. The molecule has 0 aliphatic rings. The lowest BCUT2D eigenvalue weighted by atomic mass is 10.2. The lowest BCUT2D eigenvalue weighted by Gasteiger charge is -2.08. The minimum absolute atomic E-state index is 0.116. The first-order chi connectivity index (χ1) is 11.0. The number of rotatable bonds is 7. The maximum absolute atomic E-state index is 11.9. The highest BCUT2D eigenvalue weighted by atomic mass is 16.6. The summed E-state index contributed by atoms with van der Waals surface area (Å²) in [5.41, 5.74) is 6.47. The number of aliphatic hydroxyl groups excluding tert-OH is 1. The van der Waals surface area contributed by atoms with Crippen molar-refractivity contribution < 1.29 is 19.4 Å². The normalized spacial score (nSPS) is 13.3. The second kappa shape index (κ2) is 9.19. The maximum atomic E-state index is 11.9. The van der Waals surface area contributed by atoms with Crippen LogP contribution in [0, 0.1) is 0 Å². The van der Waals surface area contributed by atoms with Crippen molar-refractivity contribution in [2.45, 2.75) is 20.8 Å². The lowest BCUT2D eigenvalue weighted by Crippen LogP contribution is -2.25. The average Bonchev–Trinajstić information content (AvgIpc) is 2.54. The lowest BCUT2D eigenvalue weighted by molar-refractivity contribution is -0.138. The van der Waals surface area contributed by atoms with Gasteiger partial charge in [-0.1, -0.05) is 6.07 Å². The Hall–Kier alpha value is -2.90. The van der Waals surface area contributed by atoms with E-state index in [0.29, 0.717) is 11.4 Å². The number of carbonyl (C=O) groups excluding carboxylic acids is 1. The van der Waals surface area contributed by atoms with Crippen molar-refractivity contribution in [1.29, 1.82) is 0 Å². The number of amidine groups is 1. The molecule has 0 amide bonds. The van der Waals surface area contributed by atoms with Gasteiger partial charge in [0, 0.05) is 6.20 Å². The third-order valence-electron chi connectivity index (χ3n) is 2.57. The van der Waals surface area contributed by atoms with Gasteiger partial charge in [0.2, 0.25) is 0 Å². The van der Waals surface area contributed by atoms with Crippen LogP contribution in [0.4, 0.5) is 0 Å². The predicted molar refractivity (Wildman–Crippen MR) is 86.0 cm³/mol. The Morgan fingerprint density at radius 3 is 2.52 bits per heavy atom. The highest BCUT2D eigenvalue weighted by Gasteiger charge is 2.22. The SMILES string of the molecule is CCOC(=O)C(C(N)=N/N=C(\C)c1ccccn1)=C(O)OCC. The van der Waals surface area contributed by atoms with E-state index in [4.69, 9.17) is 15.2 Å². The highest BCUT2D eigenvalue weighted by Crippen LogP contribution is 2.08. The Labute approximate surface area is 134 Å². The molecule has 0 bridgehead atoms. The van der Waals surface area contributed by atoms with Gasteiger partial charge in [0.05, 0.1) is 24.6 Å². The molecule has 0 saturated carbocycles. The standard InChI is InChI=1S/C15H20N4O4/c1-4-22-14(20)12(15(21)23-5-2)13(16)19-18-10(3)11-8-6-7-9-17-11/h6-9,20H,4-5H2,1-3H3,(H2,16,19)/b14-12?,18-10+. The van der Waals surface area contributed by atoms with E-state index in [0.717, 1.165) is 0 Å². The molecule has 0 atom stereocenters. The monoisotopic (exact) mass is 320 g/mol. The molecule has 0 saturated heterocycles. The third-order valence-corrected chi connectivity index (χ3v) is 2.57. The molecule has 124 valence electrons. The van der Waals surface area contributed by atoms with Crippen LogP contribution in [-0.4, -0.2) is 40.8 Å². The van der Waals surface area contributed by atoms with Crippen molar-refractivity contribution in [3.8, 4) is 0 Å². The maximum Gasteiger partial charge on any atom is 0.349 e. The van der Waals surface area contributed by atoms with Gasteiger partial charge in [0.1, 0.15) is 0 Å². The molecule has 8 nitrogen and oxygen atoms in total. The first-order valence-corrected chi connectivity index (χ1v) is 7.03. The fourth-order valence-corrected chi connectivity index (χ4v) is 1.52. The van der Waals surface area contributed by atoms with Crippen LogP contribution in [0.1, 0.15) is 26.5 Å². The first-order valence-electron chi connectivity index (χ1n) is 7.03. The van der Waals surface area contributed by atoms with E-state index in [9.17, 15) is 9.90 Å². The van der Waals surface area contributed by atoms with Gasteiger partial charge in [-0.25, -0.2) is 4.79 Å². The van der Waals surface area contributed by atoms with Gasteiger partial charge in [-0.3, -0.25) is 4.98 Å². The van der Waals surface area contributed by atoms with Gasteiger partial charge in [0.25, 0.3) is 5.95 Å². The van der Waals surface area contributed by atoms with Gasteiger partial charge in [0.15, 0.2) is 11.4 Å². The summed E-state index contributed by atoms with van der Waals surface area (Å²) in [6.07, 6.45) is 1.62. The molecule has 0 radical (unpaired) electrons.